The molecule has 2 atom stereocenters. The van der Waals surface area contributed by atoms with Gasteiger partial charge < -0.3 is 4.74 Å². The number of hydrogen-bond donors (Lipinski definition) is 0. The van der Waals surface area contributed by atoms with Crippen molar-refractivity contribution < 1.29 is 9.53 Å². The number of esters is 1. The van der Waals surface area contributed by atoms with E-state index in [1.165, 1.54) is 44.9 Å². The highest BCUT2D eigenvalue weighted by atomic mass is 35.5. The maximum absolute atomic E-state index is 11.6. The molecule has 104 valence electrons. The largest absolute Gasteiger partial charge is 0.460 e. The van der Waals surface area contributed by atoms with Crippen LogP contribution in [0.15, 0.2) is 0 Å². The average Bonchev–Trinajstić information content (AvgIpc) is 2.40. The number of rotatable bonds is 3. The van der Waals surface area contributed by atoms with Gasteiger partial charge in [0.1, 0.15) is 6.10 Å². The quantitative estimate of drug-likeness (QED) is 0.567. The van der Waals surface area contributed by atoms with Gasteiger partial charge >= 0.3 is 5.97 Å². The standard InChI is InChI=1S/C14H22Cl2O2/c15-13(16)14(17)18-12-9-5-4-8-11(12)10-6-2-1-3-7-10/h10-13H,1-9H2/t11-,12-/m1/s1. The van der Waals surface area contributed by atoms with E-state index in [9.17, 15) is 4.79 Å². The second-order valence-electron chi connectivity index (χ2n) is 5.62. The summed E-state index contributed by atoms with van der Waals surface area (Å²) < 4.78 is 5.52. The summed E-state index contributed by atoms with van der Waals surface area (Å²) >= 11 is 11.1. The molecule has 0 bridgehead atoms. The third-order valence-electron chi connectivity index (χ3n) is 4.45. The summed E-state index contributed by atoms with van der Waals surface area (Å²) in [5, 5.41) is 0. The zero-order chi connectivity index (χ0) is 13.0. The highest BCUT2D eigenvalue weighted by Gasteiger charge is 2.35. The fourth-order valence-corrected chi connectivity index (χ4v) is 3.68. The van der Waals surface area contributed by atoms with Gasteiger partial charge in [-0.05, 0) is 31.1 Å². The second kappa shape index (κ2) is 7.00. The van der Waals surface area contributed by atoms with E-state index >= 15 is 0 Å². The summed E-state index contributed by atoms with van der Waals surface area (Å²) in [6.45, 7) is 0. The summed E-state index contributed by atoms with van der Waals surface area (Å²) in [6.07, 6.45) is 11.2. The van der Waals surface area contributed by atoms with Crippen molar-refractivity contribution >= 4 is 29.2 Å². The van der Waals surface area contributed by atoms with Gasteiger partial charge in [-0.25, -0.2) is 4.79 Å². The van der Waals surface area contributed by atoms with Gasteiger partial charge in [0.25, 0.3) is 0 Å². The van der Waals surface area contributed by atoms with Crippen LogP contribution in [0.1, 0.15) is 57.8 Å². The maximum Gasteiger partial charge on any atom is 0.339 e. The minimum absolute atomic E-state index is 0.0503. The molecule has 0 aromatic carbocycles. The van der Waals surface area contributed by atoms with Gasteiger partial charge in [-0.15, -0.1) is 0 Å². The van der Waals surface area contributed by atoms with Crippen LogP contribution < -0.4 is 0 Å². The fourth-order valence-electron chi connectivity index (χ4n) is 3.57. The number of carbonyl (C=O) groups is 1. The van der Waals surface area contributed by atoms with Crippen molar-refractivity contribution in [2.45, 2.75) is 68.7 Å². The molecule has 0 N–H and O–H groups in total. The predicted molar refractivity (Wildman–Crippen MR) is 73.9 cm³/mol. The first-order valence-electron chi connectivity index (χ1n) is 7.17. The van der Waals surface area contributed by atoms with Crippen LogP contribution in [0, 0.1) is 11.8 Å². The van der Waals surface area contributed by atoms with E-state index in [4.69, 9.17) is 27.9 Å². The van der Waals surface area contributed by atoms with Crippen LogP contribution in [-0.4, -0.2) is 16.9 Å². The van der Waals surface area contributed by atoms with Gasteiger partial charge in [0.05, 0.1) is 0 Å². The molecular formula is C14H22Cl2O2. The maximum atomic E-state index is 11.6. The molecule has 0 aromatic heterocycles. The Kier molecular flexibility index (Phi) is 5.62. The lowest BCUT2D eigenvalue weighted by Gasteiger charge is -2.38. The molecule has 2 aliphatic carbocycles. The first-order valence-corrected chi connectivity index (χ1v) is 8.04. The number of ether oxygens (including phenoxy) is 1. The van der Waals surface area contributed by atoms with Crippen molar-refractivity contribution in [3.05, 3.63) is 0 Å². The highest BCUT2D eigenvalue weighted by Crippen LogP contribution is 2.39. The molecule has 0 unspecified atom stereocenters. The lowest BCUT2D eigenvalue weighted by atomic mass is 9.72. The van der Waals surface area contributed by atoms with Crippen LogP contribution in [0.25, 0.3) is 0 Å². The van der Waals surface area contributed by atoms with Crippen LogP contribution in [0.2, 0.25) is 0 Å². The van der Waals surface area contributed by atoms with Crippen molar-refractivity contribution in [2.24, 2.45) is 11.8 Å². The van der Waals surface area contributed by atoms with Crippen molar-refractivity contribution in [3.8, 4) is 0 Å². The fraction of sp³-hybridized carbons (Fsp3) is 0.929. The SMILES string of the molecule is O=C(O[C@@H]1CCCC[C@@H]1C1CCCCC1)C(Cl)Cl. The van der Waals surface area contributed by atoms with Gasteiger partial charge in [-0.3, -0.25) is 0 Å². The lowest BCUT2D eigenvalue weighted by molar-refractivity contribution is -0.153. The van der Waals surface area contributed by atoms with Crippen molar-refractivity contribution in [3.63, 3.8) is 0 Å². The first kappa shape index (κ1) is 14.5. The van der Waals surface area contributed by atoms with Crippen LogP contribution in [0.3, 0.4) is 0 Å². The first-order chi connectivity index (χ1) is 8.68. The Bertz CT molecular complexity index is 275. The molecule has 0 aromatic rings. The molecule has 0 amide bonds. The van der Waals surface area contributed by atoms with E-state index < -0.39 is 10.8 Å². The molecule has 2 fully saturated rings. The lowest BCUT2D eigenvalue weighted by Crippen LogP contribution is -2.36. The summed E-state index contributed by atoms with van der Waals surface area (Å²) in [5.74, 6) is 0.807. The number of alkyl halides is 2. The molecular weight excluding hydrogens is 271 g/mol. The number of carbonyl (C=O) groups excluding carboxylic acids is 1. The number of halogens is 2. The van der Waals surface area contributed by atoms with Crippen LogP contribution >= 0.6 is 23.2 Å². The Morgan fingerprint density at radius 1 is 0.944 bits per heavy atom. The van der Waals surface area contributed by atoms with Crippen LogP contribution in [0.5, 0.6) is 0 Å². The predicted octanol–water partition coefficient (Wildman–Crippen LogP) is 4.47. The minimum atomic E-state index is -1.04. The topological polar surface area (TPSA) is 26.3 Å². The third-order valence-corrected chi connectivity index (χ3v) is 4.81. The smallest absolute Gasteiger partial charge is 0.339 e. The molecule has 0 heterocycles. The van der Waals surface area contributed by atoms with E-state index in [1.54, 1.807) is 0 Å². The Morgan fingerprint density at radius 3 is 2.22 bits per heavy atom. The Morgan fingerprint density at radius 2 is 1.56 bits per heavy atom. The van der Waals surface area contributed by atoms with Gasteiger partial charge in [0.2, 0.25) is 4.84 Å². The zero-order valence-electron chi connectivity index (χ0n) is 10.7. The summed E-state index contributed by atoms with van der Waals surface area (Å²) in [6, 6.07) is 0. The summed E-state index contributed by atoms with van der Waals surface area (Å²) in [7, 11) is 0. The average molecular weight is 293 g/mol. The van der Waals surface area contributed by atoms with Crippen LogP contribution in [-0.2, 0) is 9.53 Å². The molecule has 0 spiro atoms. The Labute approximate surface area is 119 Å². The molecule has 2 rings (SSSR count). The normalized spacial score (nSPS) is 30.4. The molecule has 2 nitrogen and oxygen atoms in total. The minimum Gasteiger partial charge on any atom is -0.460 e. The van der Waals surface area contributed by atoms with Gasteiger partial charge in [0, 0.05) is 0 Å². The highest BCUT2D eigenvalue weighted by molar-refractivity contribution is 6.52. The monoisotopic (exact) mass is 292 g/mol. The van der Waals surface area contributed by atoms with Crippen molar-refractivity contribution in [1.82, 2.24) is 0 Å². The van der Waals surface area contributed by atoms with Crippen molar-refractivity contribution in [2.75, 3.05) is 0 Å². The van der Waals surface area contributed by atoms with E-state index in [2.05, 4.69) is 0 Å². The van der Waals surface area contributed by atoms with E-state index in [0.717, 1.165) is 18.8 Å². The van der Waals surface area contributed by atoms with E-state index in [1.807, 2.05) is 0 Å². The van der Waals surface area contributed by atoms with Gasteiger partial charge in [-0.2, -0.15) is 0 Å². The van der Waals surface area contributed by atoms with Crippen molar-refractivity contribution in [1.29, 1.82) is 0 Å². The molecule has 0 saturated heterocycles. The molecule has 18 heavy (non-hydrogen) atoms. The summed E-state index contributed by atoms with van der Waals surface area (Å²) in [5.41, 5.74) is 0. The van der Waals surface area contributed by atoms with E-state index in [0.29, 0.717) is 5.92 Å². The summed E-state index contributed by atoms with van der Waals surface area (Å²) in [4.78, 5) is 10.5. The van der Waals surface area contributed by atoms with Gasteiger partial charge in [-0.1, -0.05) is 61.7 Å². The second-order valence-corrected chi connectivity index (χ2v) is 6.72. The molecule has 4 heteroatoms. The Balaban J connectivity index is 1.94. The molecule has 2 saturated carbocycles. The van der Waals surface area contributed by atoms with Crippen LogP contribution in [0.4, 0.5) is 0 Å². The zero-order valence-corrected chi connectivity index (χ0v) is 12.3. The van der Waals surface area contributed by atoms with E-state index in [-0.39, 0.29) is 6.10 Å². The third kappa shape index (κ3) is 3.77. The van der Waals surface area contributed by atoms with Gasteiger partial charge in [0.15, 0.2) is 0 Å². The molecule has 0 aliphatic heterocycles. The molecule has 2 aliphatic rings. The Hall–Kier alpha value is 0.0500. The number of hydrogen-bond acceptors (Lipinski definition) is 2. The molecule has 0 radical (unpaired) electrons.